The van der Waals surface area contributed by atoms with E-state index in [9.17, 15) is 13.2 Å². The van der Waals surface area contributed by atoms with Crippen LogP contribution in [-0.2, 0) is 6.18 Å². The molecule has 0 amide bonds. The zero-order valence-electron chi connectivity index (χ0n) is 9.01. The third kappa shape index (κ3) is 2.21. The molecule has 2 rings (SSSR count). The molecule has 1 N–H and O–H groups in total. The first-order valence-electron chi connectivity index (χ1n) is 5.32. The molecule has 1 fully saturated rings. The third-order valence-electron chi connectivity index (χ3n) is 2.83. The molecule has 90 valence electrons. The molecule has 1 aromatic heterocycles. The van der Waals surface area contributed by atoms with Gasteiger partial charge in [0.1, 0.15) is 0 Å². The lowest BCUT2D eigenvalue weighted by atomic mass is 10.1. The third-order valence-corrected chi connectivity index (χ3v) is 2.83. The Bertz CT molecular complexity index is 364. The SMILES string of the molecule is Cc1cc(C(F)(F)F)nn1[C@H]1CCCNC1. The van der Waals surface area contributed by atoms with Gasteiger partial charge >= 0.3 is 6.18 Å². The van der Waals surface area contributed by atoms with Crippen molar-refractivity contribution in [3.05, 3.63) is 17.5 Å². The van der Waals surface area contributed by atoms with Crippen LogP contribution in [0, 0.1) is 6.92 Å². The van der Waals surface area contributed by atoms with Gasteiger partial charge in [0.05, 0.1) is 6.04 Å². The number of hydrogen-bond acceptors (Lipinski definition) is 2. The summed E-state index contributed by atoms with van der Waals surface area (Å²) >= 11 is 0. The smallest absolute Gasteiger partial charge is 0.315 e. The van der Waals surface area contributed by atoms with Crippen LogP contribution >= 0.6 is 0 Å². The lowest BCUT2D eigenvalue weighted by Crippen LogP contribution is -2.32. The quantitative estimate of drug-likeness (QED) is 0.805. The molecule has 1 atom stereocenters. The highest BCUT2D eigenvalue weighted by molar-refractivity contribution is 5.12. The molecule has 0 bridgehead atoms. The van der Waals surface area contributed by atoms with Crippen molar-refractivity contribution in [2.75, 3.05) is 13.1 Å². The first-order valence-corrected chi connectivity index (χ1v) is 5.32. The maximum absolute atomic E-state index is 12.5. The van der Waals surface area contributed by atoms with Gasteiger partial charge < -0.3 is 5.32 Å². The molecule has 1 aliphatic heterocycles. The first kappa shape index (κ1) is 11.4. The summed E-state index contributed by atoms with van der Waals surface area (Å²) in [6.45, 7) is 3.29. The normalized spacial score (nSPS) is 22.4. The van der Waals surface area contributed by atoms with Gasteiger partial charge in [-0.25, -0.2) is 0 Å². The van der Waals surface area contributed by atoms with Gasteiger partial charge in [-0.15, -0.1) is 0 Å². The first-order chi connectivity index (χ1) is 7.48. The fourth-order valence-corrected chi connectivity index (χ4v) is 2.04. The van der Waals surface area contributed by atoms with E-state index >= 15 is 0 Å². The summed E-state index contributed by atoms with van der Waals surface area (Å²) in [4.78, 5) is 0. The number of halogens is 3. The van der Waals surface area contributed by atoms with E-state index in [2.05, 4.69) is 10.4 Å². The van der Waals surface area contributed by atoms with Crippen LogP contribution in [0.2, 0.25) is 0 Å². The van der Waals surface area contributed by atoms with Crippen molar-refractivity contribution in [2.24, 2.45) is 0 Å². The van der Waals surface area contributed by atoms with Crippen LogP contribution in [0.1, 0.15) is 30.3 Å². The van der Waals surface area contributed by atoms with Crippen molar-refractivity contribution >= 4 is 0 Å². The number of aromatic nitrogens is 2. The van der Waals surface area contributed by atoms with Crippen LogP contribution in [0.4, 0.5) is 13.2 Å². The molecule has 0 spiro atoms. The number of nitrogens with one attached hydrogen (secondary N) is 1. The lowest BCUT2D eigenvalue weighted by molar-refractivity contribution is -0.141. The van der Waals surface area contributed by atoms with Gasteiger partial charge in [-0.3, -0.25) is 4.68 Å². The molecule has 2 heterocycles. The lowest BCUT2D eigenvalue weighted by Gasteiger charge is -2.24. The van der Waals surface area contributed by atoms with Crippen LogP contribution in [0.15, 0.2) is 6.07 Å². The Labute approximate surface area is 91.6 Å². The van der Waals surface area contributed by atoms with Gasteiger partial charge in [0.25, 0.3) is 0 Å². The van der Waals surface area contributed by atoms with E-state index in [0.29, 0.717) is 12.2 Å². The highest BCUT2D eigenvalue weighted by Crippen LogP contribution is 2.30. The molecule has 0 aliphatic carbocycles. The molecule has 1 aliphatic rings. The Hall–Kier alpha value is -1.04. The molecular formula is C10H14F3N3. The van der Waals surface area contributed by atoms with Gasteiger partial charge in [-0.1, -0.05) is 0 Å². The number of rotatable bonds is 1. The molecule has 0 aromatic carbocycles. The average molecular weight is 233 g/mol. The Morgan fingerprint density at radius 1 is 1.50 bits per heavy atom. The number of piperidine rings is 1. The Kier molecular flexibility index (Phi) is 2.92. The maximum atomic E-state index is 12.5. The summed E-state index contributed by atoms with van der Waals surface area (Å²) in [5.74, 6) is 0. The molecule has 0 radical (unpaired) electrons. The van der Waals surface area contributed by atoms with Crippen molar-refractivity contribution in [1.29, 1.82) is 0 Å². The van der Waals surface area contributed by atoms with Crippen LogP contribution < -0.4 is 5.32 Å². The van der Waals surface area contributed by atoms with Crippen molar-refractivity contribution in [3.8, 4) is 0 Å². The number of hydrogen-bond donors (Lipinski definition) is 1. The number of aryl methyl sites for hydroxylation is 1. The van der Waals surface area contributed by atoms with Crippen LogP contribution in [-0.4, -0.2) is 22.9 Å². The fraction of sp³-hybridized carbons (Fsp3) is 0.700. The highest BCUT2D eigenvalue weighted by Gasteiger charge is 2.35. The molecule has 1 aromatic rings. The zero-order valence-corrected chi connectivity index (χ0v) is 9.01. The minimum absolute atomic E-state index is 0.0462. The maximum Gasteiger partial charge on any atom is 0.435 e. The van der Waals surface area contributed by atoms with E-state index in [0.717, 1.165) is 25.5 Å². The minimum Gasteiger partial charge on any atom is -0.315 e. The van der Waals surface area contributed by atoms with Gasteiger partial charge in [0.15, 0.2) is 5.69 Å². The zero-order chi connectivity index (χ0) is 11.8. The highest BCUT2D eigenvalue weighted by atomic mass is 19.4. The number of alkyl halides is 3. The second kappa shape index (κ2) is 4.08. The van der Waals surface area contributed by atoms with Crippen LogP contribution in [0.25, 0.3) is 0 Å². The van der Waals surface area contributed by atoms with Crippen molar-refractivity contribution in [2.45, 2.75) is 32.0 Å². The summed E-state index contributed by atoms with van der Waals surface area (Å²) in [5.41, 5.74) is -0.225. The fourth-order valence-electron chi connectivity index (χ4n) is 2.04. The van der Waals surface area contributed by atoms with Crippen molar-refractivity contribution in [1.82, 2.24) is 15.1 Å². The van der Waals surface area contributed by atoms with Crippen LogP contribution in [0.3, 0.4) is 0 Å². The second-order valence-electron chi connectivity index (χ2n) is 4.11. The minimum atomic E-state index is -4.35. The molecule has 1 saturated heterocycles. The topological polar surface area (TPSA) is 29.9 Å². The molecule has 16 heavy (non-hydrogen) atoms. The summed E-state index contributed by atoms with van der Waals surface area (Å²) in [6.07, 6.45) is -2.49. The van der Waals surface area contributed by atoms with Crippen LogP contribution in [0.5, 0.6) is 0 Å². The second-order valence-corrected chi connectivity index (χ2v) is 4.11. The molecule has 6 heteroatoms. The van der Waals surface area contributed by atoms with Gasteiger partial charge in [0.2, 0.25) is 0 Å². The molecule has 3 nitrogen and oxygen atoms in total. The summed E-state index contributed by atoms with van der Waals surface area (Å²) in [5, 5.41) is 6.82. The van der Waals surface area contributed by atoms with Crippen molar-refractivity contribution in [3.63, 3.8) is 0 Å². The standard InChI is InChI=1S/C10H14F3N3/c1-7-5-9(10(11,12)13)15-16(7)8-3-2-4-14-6-8/h5,8,14H,2-4,6H2,1H3/t8-/m0/s1. The largest absolute Gasteiger partial charge is 0.435 e. The number of nitrogens with zero attached hydrogens (tertiary/aromatic N) is 2. The predicted molar refractivity (Wildman–Crippen MR) is 53.1 cm³/mol. The monoisotopic (exact) mass is 233 g/mol. The Morgan fingerprint density at radius 3 is 2.75 bits per heavy atom. The van der Waals surface area contributed by atoms with E-state index < -0.39 is 11.9 Å². The van der Waals surface area contributed by atoms with E-state index in [4.69, 9.17) is 0 Å². The molecule has 0 saturated carbocycles. The van der Waals surface area contributed by atoms with Gasteiger partial charge in [0, 0.05) is 12.2 Å². The Morgan fingerprint density at radius 2 is 2.25 bits per heavy atom. The summed E-state index contributed by atoms with van der Waals surface area (Å²) < 4.78 is 38.9. The average Bonchev–Trinajstić information content (AvgIpc) is 2.61. The van der Waals surface area contributed by atoms with Crippen molar-refractivity contribution < 1.29 is 13.2 Å². The van der Waals surface area contributed by atoms with E-state index in [-0.39, 0.29) is 6.04 Å². The van der Waals surface area contributed by atoms with E-state index in [1.807, 2.05) is 0 Å². The van der Waals surface area contributed by atoms with Gasteiger partial charge in [-0.2, -0.15) is 18.3 Å². The van der Waals surface area contributed by atoms with E-state index in [1.165, 1.54) is 4.68 Å². The molecule has 0 unspecified atom stereocenters. The Balaban J connectivity index is 2.24. The summed E-state index contributed by atoms with van der Waals surface area (Å²) in [6, 6.07) is 1.15. The molecular weight excluding hydrogens is 219 g/mol. The summed E-state index contributed by atoms with van der Waals surface area (Å²) in [7, 11) is 0. The predicted octanol–water partition coefficient (Wildman–Crippen LogP) is 2.13. The van der Waals surface area contributed by atoms with Gasteiger partial charge in [-0.05, 0) is 32.4 Å². The van der Waals surface area contributed by atoms with E-state index in [1.54, 1.807) is 6.92 Å².